The van der Waals surface area contributed by atoms with Gasteiger partial charge in [-0.25, -0.2) is 17.7 Å². The lowest BCUT2D eigenvalue weighted by molar-refractivity contribution is -0.126. The fraction of sp³-hybridized carbons (Fsp3) is 0.320. The number of nitrogens with one attached hydrogen (secondary N) is 2. The molecule has 0 spiro atoms. The minimum absolute atomic E-state index is 0.0875. The van der Waals surface area contributed by atoms with Crippen molar-refractivity contribution in [1.82, 2.24) is 14.3 Å². The van der Waals surface area contributed by atoms with E-state index in [9.17, 15) is 13.2 Å². The summed E-state index contributed by atoms with van der Waals surface area (Å²) in [7, 11) is 0.797. The van der Waals surface area contributed by atoms with Crippen LogP contribution >= 0.6 is 11.6 Å². The van der Waals surface area contributed by atoms with Crippen LogP contribution in [-0.2, 0) is 26.0 Å². The standard InChI is InChI=1S/C25H29ClN6O4S/c1-32(2)37(34,35)21-10-5-4-9-20(21)30-24-19(26)14-28-25(31-24)29-16-12-11-15-7-6-8-17(23(27)33)22(36-3)18(15)13-16/h4-5,9-14,17,22H,6-8H2,1-3H3,(H2,27,33)(H2,28,29,30,31). The molecule has 0 aliphatic heterocycles. The van der Waals surface area contributed by atoms with Crippen LogP contribution < -0.4 is 16.4 Å². The van der Waals surface area contributed by atoms with Crippen LogP contribution in [0.25, 0.3) is 0 Å². The molecule has 2 unspecified atom stereocenters. The molecule has 0 fully saturated rings. The average molecular weight is 545 g/mol. The van der Waals surface area contributed by atoms with Gasteiger partial charge in [-0.05, 0) is 54.7 Å². The number of benzene rings is 2. The number of amides is 1. The van der Waals surface area contributed by atoms with Crippen molar-refractivity contribution in [1.29, 1.82) is 0 Å². The van der Waals surface area contributed by atoms with Gasteiger partial charge in [0, 0.05) is 26.9 Å². The summed E-state index contributed by atoms with van der Waals surface area (Å²) in [5, 5.41) is 6.40. The zero-order chi connectivity index (χ0) is 26.7. The summed E-state index contributed by atoms with van der Waals surface area (Å²) >= 11 is 6.34. The van der Waals surface area contributed by atoms with E-state index < -0.39 is 22.0 Å². The molecule has 196 valence electrons. The molecule has 0 saturated heterocycles. The van der Waals surface area contributed by atoms with Crippen LogP contribution in [0.15, 0.2) is 53.6 Å². The molecule has 37 heavy (non-hydrogen) atoms. The van der Waals surface area contributed by atoms with Gasteiger partial charge in [0.1, 0.15) is 9.92 Å². The maximum absolute atomic E-state index is 12.8. The quantitative estimate of drug-likeness (QED) is 0.362. The lowest BCUT2D eigenvalue weighted by Gasteiger charge is -2.23. The third kappa shape index (κ3) is 5.69. The molecule has 2 aromatic carbocycles. The molecule has 1 aliphatic carbocycles. The van der Waals surface area contributed by atoms with Gasteiger partial charge in [-0.1, -0.05) is 29.8 Å². The number of nitrogens with zero attached hydrogens (tertiary/aromatic N) is 3. The Labute approximate surface area is 221 Å². The number of aryl methyl sites for hydroxylation is 1. The first-order chi connectivity index (χ1) is 17.6. The number of para-hydroxylation sites is 1. The molecule has 12 heteroatoms. The predicted molar refractivity (Wildman–Crippen MR) is 143 cm³/mol. The van der Waals surface area contributed by atoms with Gasteiger partial charge in [-0.2, -0.15) is 4.98 Å². The summed E-state index contributed by atoms with van der Waals surface area (Å²) in [5.74, 6) is -0.318. The summed E-state index contributed by atoms with van der Waals surface area (Å²) in [5.41, 5.74) is 8.66. The van der Waals surface area contributed by atoms with E-state index in [1.165, 1.54) is 26.4 Å². The zero-order valence-electron chi connectivity index (χ0n) is 20.7. The Morgan fingerprint density at radius 2 is 1.95 bits per heavy atom. The highest BCUT2D eigenvalue weighted by molar-refractivity contribution is 7.89. The van der Waals surface area contributed by atoms with Crippen molar-refractivity contribution in [2.75, 3.05) is 31.8 Å². The van der Waals surface area contributed by atoms with Crippen LogP contribution in [-0.4, -0.2) is 49.8 Å². The second kappa shape index (κ2) is 11.0. The minimum Gasteiger partial charge on any atom is -0.376 e. The smallest absolute Gasteiger partial charge is 0.244 e. The lowest BCUT2D eigenvalue weighted by atomic mass is 9.92. The van der Waals surface area contributed by atoms with Gasteiger partial charge in [0.25, 0.3) is 0 Å². The average Bonchev–Trinajstić information content (AvgIpc) is 3.05. The number of fused-ring (bicyclic) bond motifs is 1. The molecule has 1 aromatic heterocycles. The summed E-state index contributed by atoms with van der Waals surface area (Å²) in [4.78, 5) is 20.9. The SMILES string of the molecule is COC1c2cc(Nc3ncc(Cl)c(Nc4ccccc4S(=O)(=O)N(C)C)n3)ccc2CCCC1C(N)=O. The van der Waals surface area contributed by atoms with E-state index in [0.717, 1.165) is 28.3 Å². The van der Waals surface area contributed by atoms with Crippen LogP contribution in [0.1, 0.15) is 30.1 Å². The van der Waals surface area contributed by atoms with Crippen molar-refractivity contribution in [3.63, 3.8) is 0 Å². The number of nitrogens with two attached hydrogens (primary N) is 1. The Kier molecular flexibility index (Phi) is 7.98. The number of ether oxygens (including phenoxy) is 1. The Balaban J connectivity index is 1.64. The number of hydrogen-bond acceptors (Lipinski definition) is 8. The van der Waals surface area contributed by atoms with E-state index in [0.29, 0.717) is 17.8 Å². The number of anilines is 4. The Morgan fingerprint density at radius 1 is 1.19 bits per heavy atom. The summed E-state index contributed by atoms with van der Waals surface area (Å²) in [6.07, 6.45) is 3.29. The van der Waals surface area contributed by atoms with Crippen LogP contribution in [0.2, 0.25) is 5.02 Å². The molecule has 0 saturated carbocycles. The molecular weight excluding hydrogens is 516 g/mol. The van der Waals surface area contributed by atoms with Crippen LogP contribution in [0.5, 0.6) is 0 Å². The maximum Gasteiger partial charge on any atom is 0.244 e. The summed E-state index contributed by atoms with van der Waals surface area (Å²) < 4.78 is 32.4. The third-order valence-corrected chi connectivity index (χ3v) is 8.45. The number of methoxy groups -OCH3 is 1. The Morgan fingerprint density at radius 3 is 2.65 bits per heavy atom. The van der Waals surface area contributed by atoms with Gasteiger partial charge < -0.3 is 21.1 Å². The largest absolute Gasteiger partial charge is 0.376 e. The first kappa shape index (κ1) is 26.8. The summed E-state index contributed by atoms with van der Waals surface area (Å²) in [6.45, 7) is 0. The van der Waals surface area contributed by atoms with Gasteiger partial charge in [-0.3, -0.25) is 4.79 Å². The van der Waals surface area contributed by atoms with Crippen molar-refractivity contribution in [3.05, 3.63) is 64.8 Å². The lowest BCUT2D eigenvalue weighted by Crippen LogP contribution is -2.29. The van der Waals surface area contributed by atoms with Crippen molar-refractivity contribution in [2.24, 2.45) is 11.7 Å². The molecule has 2 atom stereocenters. The Hall–Kier alpha value is -3.25. The van der Waals surface area contributed by atoms with Crippen LogP contribution in [0, 0.1) is 5.92 Å². The highest BCUT2D eigenvalue weighted by Gasteiger charge is 2.32. The van der Waals surface area contributed by atoms with Gasteiger partial charge in [0.2, 0.25) is 21.9 Å². The highest BCUT2D eigenvalue weighted by Crippen LogP contribution is 2.37. The molecule has 10 nitrogen and oxygen atoms in total. The number of aromatic nitrogens is 2. The monoisotopic (exact) mass is 544 g/mol. The number of rotatable bonds is 8. The number of carbonyl (C=O) groups is 1. The number of carbonyl (C=O) groups excluding carboxylic acids is 1. The van der Waals surface area contributed by atoms with E-state index in [2.05, 4.69) is 20.6 Å². The molecule has 0 bridgehead atoms. The molecule has 1 heterocycles. The van der Waals surface area contributed by atoms with E-state index in [1.807, 2.05) is 18.2 Å². The fourth-order valence-electron chi connectivity index (χ4n) is 4.39. The first-order valence-electron chi connectivity index (χ1n) is 11.6. The van der Waals surface area contributed by atoms with Crippen LogP contribution in [0.3, 0.4) is 0 Å². The van der Waals surface area contributed by atoms with Gasteiger partial charge in [-0.15, -0.1) is 0 Å². The summed E-state index contributed by atoms with van der Waals surface area (Å²) in [6, 6.07) is 12.3. The zero-order valence-corrected chi connectivity index (χ0v) is 22.3. The highest BCUT2D eigenvalue weighted by atomic mass is 35.5. The first-order valence-corrected chi connectivity index (χ1v) is 13.5. The van der Waals surface area contributed by atoms with E-state index in [1.54, 1.807) is 25.3 Å². The van der Waals surface area contributed by atoms with Gasteiger partial charge in [0.05, 0.1) is 23.9 Å². The predicted octanol–water partition coefficient (Wildman–Crippen LogP) is 3.99. The topological polar surface area (TPSA) is 140 Å². The Bertz CT molecular complexity index is 1420. The minimum atomic E-state index is -3.71. The van der Waals surface area contributed by atoms with Crippen molar-refractivity contribution >= 4 is 50.7 Å². The molecule has 1 amide bonds. The molecule has 3 aromatic rings. The molecule has 4 N–H and O–H groups in total. The molecular formula is C25H29ClN6O4S. The second-order valence-electron chi connectivity index (χ2n) is 8.89. The van der Waals surface area contributed by atoms with E-state index in [4.69, 9.17) is 22.1 Å². The molecule has 4 rings (SSSR count). The fourth-order valence-corrected chi connectivity index (χ4v) is 5.57. The molecule has 1 aliphatic rings. The van der Waals surface area contributed by atoms with Gasteiger partial charge >= 0.3 is 0 Å². The number of sulfonamides is 1. The van der Waals surface area contributed by atoms with E-state index >= 15 is 0 Å². The molecule has 0 radical (unpaired) electrons. The van der Waals surface area contributed by atoms with Crippen molar-refractivity contribution in [3.8, 4) is 0 Å². The number of hydrogen-bond donors (Lipinski definition) is 3. The number of halogens is 1. The van der Waals surface area contributed by atoms with Crippen LogP contribution in [0.4, 0.5) is 23.1 Å². The maximum atomic E-state index is 12.8. The van der Waals surface area contributed by atoms with Crippen molar-refractivity contribution < 1.29 is 17.9 Å². The second-order valence-corrected chi connectivity index (χ2v) is 11.4. The van der Waals surface area contributed by atoms with Crippen molar-refractivity contribution in [2.45, 2.75) is 30.3 Å². The van der Waals surface area contributed by atoms with Gasteiger partial charge in [0.15, 0.2) is 5.82 Å². The number of primary amides is 1. The third-order valence-electron chi connectivity index (χ3n) is 6.30. The normalized spacial score (nSPS) is 17.6. The van der Waals surface area contributed by atoms with E-state index in [-0.39, 0.29) is 27.6 Å².